The number of likely N-dealkylation sites (N-methyl/N-ethyl adjacent to an activating group) is 1. The number of nitrogens with zero attached hydrogens (tertiary/aromatic N) is 1. The van der Waals surface area contributed by atoms with Crippen LogP contribution in [0.5, 0.6) is 0 Å². The SMILES string of the molecule is CCCNC(CCC(F)(F)F)C1(N(C)C)CCCC1. The second kappa shape index (κ2) is 6.93. The van der Waals surface area contributed by atoms with Gasteiger partial charge in [-0.05, 0) is 46.3 Å². The van der Waals surface area contributed by atoms with Gasteiger partial charge in [-0.1, -0.05) is 19.8 Å². The summed E-state index contributed by atoms with van der Waals surface area (Å²) in [5, 5.41) is 3.36. The van der Waals surface area contributed by atoms with Crippen LogP contribution < -0.4 is 5.32 Å². The summed E-state index contributed by atoms with van der Waals surface area (Å²) in [6.07, 6.45) is 0.622. The normalized spacial score (nSPS) is 21.0. The van der Waals surface area contributed by atoms with Gasteiger partial charge in [-0.3, -0.25) is 0 Å². The van der Waals surface area contributed by atoms with Gasteiger partial charge in [0.15, 0.2) is 0 Å². The monoisotopic (exact) mass is 280 g/mol. The minimum Gasteiger partial charge on any atom is -0.312 e. The van der Waals surface area contributed by atoms with E-state index in [9.17, 15) is 13.2 Å². The maximum atomic E-state index is 12.5. The van der Waals surface area contributed by atoms with Crippen LogP contribution in [-0.4, -0.2) is 43.3 Å². The summed E-state index contributed by atoms with van der Waals surface area (Å²) in [6, 6.07) is -0.0634. The highest BCUT2D eigenvalue weighted by atomic mass is 19.4. The van der Waals surface area contributed by atoms with Crippen molar-refractivity contribution in [2.75, 3.05) is 20.6 Å². The van der Waals surface area contributed by atoms with Crippen LogP contribution in [0.4, 0.5) is 13.2 Å². The molecule has 0 radical (unpaired) electrons. The average molecular weight is 280 g/mol. The van der Waals surface area contributed by atoms with Gasteiger partial charge in [0.05, 0.1) is 0 Å². The first-order chi connectivity index (χ1) is 8.82. The van der Waals surface area contributed by atoms with Gasteiger partial charge in [-0.15, -0.1) is 0 Å². The summed E-state index contributed by atoms with van der Waals surface area (Å²) in [6.45, 7) is 2.84. The maximum Gasteiger partial charge on any atom is 0.389 e. The molecule has 0 saturated heterocycles. The van der Waals surface area contributed by atoms with Crippen LogP contribution >= 0.6 is 0 Å². The molecule has 1 unspecified atom stereocenters. The maximum absolute atomic E-state index is 12.5. The number of hydrogen-bond acceptors (Lipinski definition) is 2. The first kappa shape index (κ1) is 16.8. The molecule has 1 fully saturated rings. The Morgan fingerprint density at radius 2 is 1.79 bits per heavy atom. The molecule has 0 aromatic heterocycles. The van der Waals surface area contributed by atoms with Crippen molar-refractivity contribution in [3.8, 4) is 0 Å². The van der Waals surface area contributed by atoms with E-state index in [1.165, 1.54) is 0 Å². The Kier molecular flexibility index (Phi) is 6.12. The van der Waals surface area contributed by atoms with E-state index >= 15 is 0 Å². The van der Waals surface area contributed by atoms with Crippen molar-refractivity contribution < 1.29 is 13.2 Å². The third-order valence-electron chi connectivity index (χ3n) is 4.37. The van der Waals surface area contributed by atoms with Crippen LogP contribution in [0, 0.1) is 0 Å². The van der Waals surface area contributed by atoms with Gasteiger partial charge in [0, 0.05) is 18.0 Å². The molecular formula is C14H27F3N2. The van der Waals surface area contributed by atoms with Gasteiger partial charge in [0.2, 0.25) is 0 Å². The van der Waals surface area contributed by atoms with Gasteiger partial charge in [-0.25, -0.2) is 0 Å². The molecule has 114 valence electrons. The second-order valence-electron chi connectivity index (χ2n) is 5.87. The Hall–Kier alpha value is -0.290. The molecule has 1 aliphatic rings. The molecule has 0 bridgehead atoms. The fourth-order valence-corrected chi connectivity index (χ4v) is 3.28. The summed E-state index contributed by atoms with van der Waals surface area (Å²) >= 11 is 0. The van der Waals surface area contributed by atoms with E-state index < -0.39 is 12.6 Å². The summed E-state index contributed by atoms with van der Waals surface area (Å²) in [7, 11) is 4.00. The summed E-state index contributed by atoms with van der Waals surface area (Å²) in [5.41, 5.74) is -0.0968. The standard InChI is InChI=1S/C14H27F3N2/c1-4-11-18-12(7-10-14(15,16)17)13(19(2)3)8-5-6-9-13/h12,18H,4-11H2,1-3H3. The smallest absolute Gasteiger partial charge is 0.312 e. The van der Waals surface area contributed by atoms with Crippen LogP contribution in [0.3, 0.4) is 0 Å². The molecule has 2 nitrogen and oxygen atoms in total. The van der Waals surface area contributed by atoms with Crippen LogP contribution in [0.15, 0.2) is 0 Å². The minimum absolute atomic E-state index is 0.0634. The van der Waals surface area contributed by atoms with Gasteiger partial charge in [0.1, 0.15) is 0 Å². The molecule has 0 amide bonds. The Balaban J connectivity index is 2.75. The van der Waals surface area contributed by atoms with Crippen LogP contribution in [0.25, 0.3) is 0 Å². The van der Waals surface area contributed by atoms with E-state index in [4.69, 9.17) is 0 Å². The predicted octanol–water partition coefficient (Wildman–Crippen LogP) is 3.57. The van der Waals surface area contributed by atoms with Crippen molar-refractivity contribution in [1.29, 1.82) is 0 Å². The Morgan fingerprint density at radius 1 is 1.21 bits per heavy atom. The molecule has 0 spiro atoms. The van der Waals surface area contributed by atoms with E-state index in [1.54, 1.807) is 0 Å². The number of nitrogens with one attached hydrogen (secondary N) is 1. The first-order valence-electron chi connectivity index (χ1n) is 7.29. The lowest BCUT2D eigenvalue weighted by Gasteiger charge is -2.44. The summed E-state index contributed by atoms with van der Waals surface area (Å²) in [5.74, 6) is 0. The number of rotatable bonds is 7. The zero-order chi connectivity index (χ0) is 14.5. The molecular weight excluding hydrogens is 253 g/mol. The Bertz CT molecular complexity index is 258. The third-order valence-corrected chi connectivity index (χ3v) is 4.37. The van der Waals surface area contributed by atoms with E-state index in [2.05, 4.69) is 10.2 Å². The van der Waals surface area contributed by atoms with Crippen molar-refractivity contribution in [1.82, 2.24) is 10.2 Å². The number of halogens is 3. The largest absolute Gasteiger partial charge is 0.389 e. The predicted molar refractivity (Wildman–Crippen MR) is 72.3 cm³/mol. The van der Waals surface area contributed by atoms with Crippen LogP contribution in [0.1, 0.15) is 51.9 Å². The molecule has 1 rings (SSSR count). The summed E-state index contributed by atoms with van der Waals surface area (Å²) in [4.78, 5) is 2.14. The first-order valence-corrected chi connectivity index (χ1v) is 7.29. The van der Waals surface area contributed by atoms with Gasteiger partial charge in [-0.2, -0.15) is 13.2 Å². The molecule has 0 heterocycles. The van der Waals surface area contributed by atoms with Crippen molar-refractivity contribution >= 4 is 0 Å². The lowest BCUT2D eigenvalue weighted by atomic mass is 9.84. The zero-order valence-corrected chi connectivity index (χ0v) is 12.3. The fourth-order valence-electron chi connectivity index (χ4n) is 3.28. The second-order valence-corrected chi connectivity index (χ2v) is 5.87. The third kappa shape index (κ3) is 4.63. The number of hydrogen-bond donors (Lipinski definition) is 1. The highest BCUT2D eigenvalue weighted by molar-refractivity contribution is 5.02. The van der Waals surface area contributed by atoms with Crippen molar-refractivity contribution in [2.24, 2.45) is 0 Å². The van der Waals surface area contributed by atoms with Crippen molar-refractivity contribution in [3.05, 3.63) is 0 Å². The van der Waals surface area contributed by atoms with Crippen LogP contribution in [-0.2, 0) is 0 Å². The molecule has 0 aromatic rings. The molecule has 0 aliphatic heterocycles. The van der Waals surface area contributed by atoms with E-state index in [0.29, 0.717) is 0 Å². The molecule has 5 heteroatoms. The zero-order valence-electron chi connectivity index (χ0n) is 12.3. The van der Waals surface area contributed by atoms with Gasteiger partial charge in [0.25, 0.3) is 0 Å². The average Bonchev–Trinajstić information content (AvgIpc) is 2.78. The molecule has 19 heavy (non-hydrogen) atoms. The molecule has 1 N–H and O–H groups in total. The molecule has 1 atom stereocenters. The summed E-state index contributed by atoms with van der Waals surface area (Å²) < 4.78 is 37.5. The van der Waals surface area contributed by atoms with Gasteiger partial charge >= 0.3 is 6.18 Å². The molecule has 1 aliphatic carbocycles. The minimum atomic E-state index is -4.06. The van der Waals surface area contributed by atoms with E-state index in [0.717, 1.165) is 38.6 Å². The topological polar surface area (TPSA) is 15.3 Å². The highest BCUT2D eigenvalue weighted by Crippen LogP contribution is 2.39. The number of alkyl halides is 3. The fraction of sp³-hybridized carbons (Fsp3) is 1.00. The van der Waals surface area contributed by atoms with Crippen LogP contribution in [0.2, 0.25) is 0 Å². The van der Waals surface area contributed by atoms with Gasteiger partial charge < -0.3 is 10.2 Å². The lowest BCUT2D eigenvalue weighted by Crippen LogP contribution is -2.57. The lowest BCUT2D eigenvalue weighted by molar-refractivity contribution is -0.138. The van der Waals surface area contributed by atoms with Crippen molar-refractivity contribution in [2.45, 2.75) is 69.6 Å². The quantitative estimate of drug-likeness (QED) is 0.767. The van der Waals surface area contributed by atoms with E-state index in [1.807, 2.05) is 21.0 Å². The van der Waals surface area contributed by atoms with Crippen molar-refractivity contribution in [3.63, 3.8) is 0 Å². The van der Waals surface area contributed by atoms with E-state index in [-0.39, 0.29) is 18.0 Å². The highest BCUT2D eigenvalue weighted by Gasteiger charge is 2.44. The molecule has 0 aromatic carbocycles. The Labute approximate surface area is 114 Å². The Morgan fingerprint density at radius 3 is 2.21 bits per heavy atom. The molecule has 1 saturated carbocycles.